The van der Waals surface area contributed by atoms with Crippen LogP contribution in [0.3, 0.4) is 0 Å². The average molecular weight is 212 g/mol. The van der Waals surface area contributed by atoms with Crippen LogP contribution in [0.25, 0.3) is 0 Å². The molecule has 0 aliphatic carbocycles. The first-order valence-electron chi connectivity index (χ1n) is 6.30. The zero-order chi connectivity index (χ0) is 11.3. The molecule has 1 rings (SSSR count). The van der Waals surface area contributed by atoms with E-state index in [1.54, 1.807) is 0 Å². The molecule has 0 aromatic carbocycles. The highest BCUT2D eigenvalue weighted by molar-refractivity contribution is 5.74. The Labute approximate surface area is 93.4 Å². The number of hydrogen-bond donors (Lipinski definition) is 0. The second-order valence-electron chi connectivity index (χ2n) is 4.21. The zero-order valence-corrected chi connectivity index (χ0v) is 10.3. The second-order valence-corrected chi connectivity index (χ2v) is 4.21. The molecule has 3 nitrogen and oxygen atoms in total. The molecule has 0 N–H and O–H groups in total. The van der Waals surface area contributed by atoms with Gasteiger partial charge in [0.25, 0.3) is 0 Å². The number of likely N-dealkylation sites (tertiary alicyclic amines) is 1. The normalized spacial score (nSPS) is 21.5. The van der Waals surface area contributed by atoms with Gasteiger partial charge in [-0.1, -0.05) is 6.92 Å². The predicted molar refractivity (Wildman–Crippen MR) is 63.0 cm³/mol. The number of piperidine rings is 1. The van der Waals surface area contributed by atoms with Gasteiger partial charge in [0.05, 0.1) is 0 Å². The fraction of sp³-hybridized carbons (Fsp3) is 0.917. The molecule has 88 valence electrons. The third-order valence-corrected chi connectivity index (χ3v) is 3.38. The summed E-state index contributed by atoms with van der Waals surface area (Å²) in [5, 5.41) is 0. The van der Waals surface area contributed by atoms with Crippen LogP contribution in [-0.2, 0) is 0 Å². The number of rotatable bonds is 3. The van der Waals surface area contributed by atoms with Gasteiger partial charge in [-0.3, -0.25) is 0 Å². The predicted octanol–water partition coefficient (Wildman–Crippen LogP) is 2.71. The van der Waals surface area contributed by atoms with Crippen molar-refractivity contribution in [1.29, 1.82) is 0 Å². The van der Waals surface area contributed by atoms with Crippen molar-refractivity contribution in [2.75, 3.05) is 19.6 Å². The minimum atomic E-state index is 0.242. The van der Waals surface area contributed by atoms with Crippen LogP contribution in [0.2, 0.25) is 0 Å². The molecule has 1 aliphatic heterocycles. The molecule has 3 heteroatoms. The summed E-state index contributed by atoms with van der Waals surface area (Å²) >= 11 is 0. The van der Waals surface area contributed by atoms with E-state index in [1.807, 2.05) is 18.7 Å². The summed E-state index contributed by atoms with van der Waals surface area (Å²) in [5.74, 6) is 0. The van der Waals surface area contributed by atoms with E-state index in [2.05, 4.69) is 11.8 Å². The lowest BCUT2D eigenvalue weighted by molar-refractivity contribution is 0.117. The molecule has 1 atom stereocenters. The van der Waals surface area contributed by atoms with E-state index in [4.69, 9.17) is 0 Å². The van der Waals surface area contributed by atoms with Crippen molar-refractivity contribution >= 4 is 6.03 Å². The topological polar surface area (TPSA) is 23.6 Å². The first-order chi connectivity index (χ1) is 7.24. The summed E-state index contributed by atoms with van der Waals surface area (Å²) in [6, 6.07) is 0.721. The van der Waals surface area contributed by atoms with Crippen molar-refractivity contribution in [3.05, 3.63) is 0 Å². The standard InChI is InChI=1S/C12H24N2O/c1-4-11-9-7-8-10-14(11)12(15)13(5-2)6-3/h11H,4-10H2,1-3H3/t11-/m0/s1. The Morgan fingerprint density at radius 3 is 2.47 bits per heavy atom. The first kappa shape index (κ1) is 12.3. The van der Waals surface area contributed by atoms with Crippen LogP contribution < -0.4 is 0 Å². The van der Waals surface area contributed by atoms with Crippen LogP contribution in [0, 0.1) is 0 Å². The Bertz CT molecular complexity index is 202. The van der Waals surface area contributed by atoms with E-state index in [1.165, 1.54) is 19.3 Å². The molecule has 1 fully saturated rings. The number of hydrogen-bond acceptors (Lipinski definition) is 1. The van der Waals surface area contributed by atoms with Gasteiger partial charge in [0.15, 0.2) is 0 Å². The Morgan fingerprint density at radius 2 is 1.93 bits per heavy atom. The van der Waals surface area contributed by atoms with E-state index in [0.29, 0.717) is 6.04 Å². The van der Waals surface area contributed by atoms with E-state index in [0.717, 1.165) is 26.1 Å². The Balaban J connectivity index is 2.62. The molecule has 0 aromatic heterocycles. The van der Waals surface area contributed by atoms with Crippen molar-refractivity contribution in [1.82, 2.24) is 9.80 Å². The summed E-state index contributed by atoms with van der Waals surface area (Å²) < 4.78 is 0. The summed E-state index contributed by atoms with van der Waals surface area (Å²) in [4.78, 5) is 16.2. The monoisotopic (exact) mass is 212 g/mol. The van der Waals surface area contributed by atoms with Gasteiger partial charge in [0.1, 0.15) is 0 Å². The highest BCUT2D eigenvalue weighted by Crippen LogP contribution is 2.20. The molecule has 0 aromatic rings. The molecule has 0 unspecified atom stereocenters. The molecule has 0 bridgehead atoms. The quantitative estimate of drug-likeness (QED) is 0.705. The van der Waals surface area contributed by atoms with Crippen LogP contribution in [-0.4, -0.2) is 41.5 Å². The smallest absolute Gasteiger partial charge is 0.320 e. The molecular weight excluding hydrogens is 188 g/mol. The summed E-state index contributed by atoms with van der Waals surface area (Å²) in [7, 11) is 0. The lowest BCUT2D eigenvalue weighted by Gasteiger charge is -2.38. The van der Waals surface area contributed by atoms with Gasteiger partial charge in [-0.15, -0.1) is 0 Å². The molecule has 0 saturated carbocycles. The van der Waals surface area contributed by atoms with Gasteiger partial charge in [-0.05, 0) is 39.5 Å². The van der Waals surface area contributed by atoms with Crippen molar-refractivity contribution in [2.24, 2.45) is 0 Å². The first-order valence-corrected chi connectivity index (χ1v) is 6.30. The number of carbonyl (C=O) groups excluding carboxylic acids is 1. The Kier molecular flexibility index (Phi) is 4.92. The maximum Gasteiger partial charge on any atom is 0.320 e. The lowest BCUT2D eigenvalue weighted by Crippen LogP contribution is -2.50. The molecule has 1 saturated heterocycles. The number of nitrogens with zero attached hydrogens (tertiary/aromatic N) is 2. The minimum Gasteiger partial charge on any atom is -0.325 e. The van der Waals surface area contributed by atoms with Crippen LogP contribution in [0.4, 0.5) is 4.79 Å². The maximum absolute atomic E-state index is 12.2. The van der Waals surface area contributed by atoms with Crippen molar-refractivity contribution in [2.45, 2.75) is 52.5 Å². The van der Waals surface area contributed by atoms with Crippen LogP contribution in [0.1, 0.15) is 46.5 Å². The number of urea groups is 1. The van der Waals surface area contributed by atoms with Gasteiger partial charge in [-0.25, -0.2) is 4.79 Å². The highest BCUT2D eigenvalue weighted by atomic mass is 16.2. The molecule has 0 radical (unpaired) electrons. The lowest BCUT2D eigenvalue weighted by atomic mass is 10.0. The molecule has 15 heavy (non-hydrogen) atoms. The van der Waals surface area contributed by atoms with Crippen molar-refractivity contribution in [3.63, 3.8) is 0 Å². The average Bonchev–Trinajstić information content (AvgIpc) is 2.30. The van der Waals surface area contributed by atoms with Gasteiger partial charge >= 0.3 is 6.03 Å². The summed E-state index contributed by atoms with van der Waals surface area (Å²) in [6.45, 7) is 8.87. The fourth-order valence-corrected chi connectivity index (χ4v) is 2.35. The van der Waals surface area contributed by atoms with Crippen LogP contribution >= 0.6 is 0 Å². The third-order valence-electron chi connectivity index (χ3n) is 3.38. The molecule has 1 aliphatic rings. The van der Waals surface area contributed by atoms with Crippen LogP contribution in [0.15, 0.2) is 0 Å². The molecular formula is C12H24N2O. The van der Waals surface area contributed by atoms with E-state index in [-0.39, 0.29) is 6.03 Å². The number of amides is 2. The maximum atomic E-state index is 12.2. The molecule has 1 heterocycles. The third kappa shape index (κ3) is 2.86. The number of carbonyl (C=O) groups is 1. The Hall–Kier alpha value is -0.730. The minimum absolute atomic E-state index is 0.242. The van der Waals surface area contributed by atoms with E-state index < -0.39 is 0 Å². The van der Waals surface area contributed by atoms with Gasteiger partial charge in [0, 0.05) is 25.7 Å². The summed E-state index contributed by atoms with van der Waals surface area (Å²) in [6.07, 6.45) is 4.72. The highest BCUT2D eigenvalue weighted by Gasteiger charge is 2.27. The van der Waals surface area contributed by atoms with Crippen LogP contribution in [0.5, 0.6) is 0 Å². The molecule has 0 spiro atoms. The zero-order valence-electron chi connectivity index (χ0n) is 10.3. The van der Waals surface area contributed by atoms with Crippen molar-refractivity contribution in [3.8, 4) is 0 Å². The second kappa shape index (κ2) is 5.99. The Morgan fingerprint density at radius 1 is 1.27 bits per heavy atom. The SMILES string of the molecule is CC[C@H]1CCCCN1C(=O)N(CC)CC. The fourth-order valence-electron chi connectivity index (χ4n) is 2.35. The van der Waals surface area contributed by atoms with E-state index in [9.17, 15) is 4.79 Å². The largest absolute Gasteiger partial charge is 0.325 e. The van der Waals surface area contributed by atoms with Gasteiger partial charge in [-0.2, -0.15) is 0 Å². The van der Waals surface area contributed by atoms with Crippen molar-refractivity contribution < 1.29 is 4.79 Å². The van der Waals surface area contributed by atoms with Gasteiger partial charge < -0.3 is 9.80 Å². The molecule has 2 amide bonds. The summed E-state index contributed by atoms with van der Waals surface area (Å²) in [5.41, 5.74) is 0. The van der Waals surface area contributed by atoms with Gasteiger partial charge in [0.2, 0.25) is 0 Å². The van der Waals surface area contributed by atoms with E-state index >= 15 is 0 Å².